The van der Waals surface area contributed by atoms with Crippen LogP contribution < -0.4 is 10.6 Å². The highest BCUT2D eigenvalue weighted by Crippen LogP contribution is 2.20. The average molecular weight is 429 g/mol. The van der Waals surface area contributed by atoms with Gasteiger partial charge in [-0.15, -0.1) is 0 Å². The molecule has 174 valence electrons. The minimum absolute atomic E-state index is 0.464. The van der Waals surface area contributed by atoms with E-state index in [0.29, 0.717) is 12.1 Å². The van der Waals surface area contributed by atoms with Gasteiger partial charge in [-0.05, 0) is 51.8 Å². The molecule has 0 spiro atoms. The smallest absolute Gasteiger partial charge is 0.191 e. The van der Waals surface area contributed by atoms with Gasteiger partial charge in [0.2, 0.25) is 0 Å². The van der Waals surface area contributed by atoms with Crippen LogP contribution in [0.3, 0.4) is 0 Å². The summed E-state index contributed by atoms with van der Waals surface area (Å²) >= 11 is 0. The first-order valence-electron chi connectivity index (χ1n) is 12.5. The molecule has 2 saturated heterocycles. The fourth-order valence-electron chi connectivity index (χ4n) is 4.72. The Bertz CT molecular complexity index is 641. The molecule has 1 aromatic rings. The van der Waals surface area contributed by atoms with Gasteiger partial charge in [0.1, 0.15) is 0 Å². The van der Waals surface area contributed by atoms with Crippen molar-refractivity contribution in [3.05, 3.63) is 35.9 Å². The zero-order valence-electron chi connectivity index (χ0n) is 20.0. The highest BCUT2D eigenvalue weighted by Gasteiger charge is 2.29. The zero-order chi connectivity index (χ0) is 21.9. The van der Waals surface area contributed by atoms with Gasteiger partial charge in [-0.25, -0.2) is 0 Å². The van der Waals surface area contributed by atoms with E-state index in [4.69, 9.17) is 4.99 Å². The molecular formula is C25H44N6. The van der Waals surface area contributed by atoms with Gasteiger partial charge in [0.15, 0.2) is 5.96 Å². The Balaban J connectivity index is 1.37. The van der Waals surface area contributed by atoms with Crippen LogP contribution in [-0.4, -0.2) is 91.6 Å². The van der Waals surface area contributed by atoms with Gasteiger partial charge in [0.05, 0.1) is 0 Å². The molecule has 0 amide bonds. The maximum absolute atomic E-state index is 4.87. The lowest BCUT2D eigenvalue weighted by Crippen LogP contribution is -2.46. The second-order valence-corrected chi connectivity index (χ2v) is 9.08. The zero-order valence-corrected chi connectivity index (χ0v) is 20.0. The van der Waals surface area contributed by atoms with Crippen LogP contribution in [0.5, 0.6) is 0 Å². The van der Waals surface area contributed by atoms with E-state index in [2.05, 4.69) is 76.4 Å². The molecule has 2 N–H and O–H groups in total. The lowest BCUT2D eigenvalue weighted by atomic mass is 10.2. The molecule has 2 aliphatic rings. The number of rotatable bonds is 10. The number of likely N-dealkylation sites (N-methyl/N-ethyl adjacent to an activating group) is 1. The minimum Gasteiger partial charge on any atom is -0.357 e. The van der Waals surface area contributed by atoms with E-state index in [-0.39, 0.29) is 0 Å². The summed E-state index contributed by atoms with van der Waals surface area (Å²) in [6.07, 6.45) is 3.56. The Morgan fingerprint density at radius 3 is 2.48 bits per heavy atom. The number of benzene rings is 1. The van der Waals surface area contributed by atoms with Crippen LogP contribution in [0.4, 0.5) is 0 Å². The Morgan fingerprint density at radius 1 is 1.03 bits per heavy atom. The molecule has 0 aromatic heterocycles. The van der Waals surface area contributed by atoms with Crippen molar-refractivity contribution in [2.24, 2.45) is 4.99 Å². The van der Waals surface area contributed by atoms with Crippen molar-refractivity contribution in [2.45, 2.75) is 58.7 Å². The van der Waals surface area contributed by atoms with Crippen molar-refractivity contribution >= 4 is 5.96 Å². The van der Waals surface area contributed by atoms with E-state index in [1.54, 1.807) is 0 Å². The largest absolute Gasteiger partial charge is 0.357 e. The Hall–Kier alpha value is -1.63. The molecule has 2 heterocycles. The number of guanidine groups is 1. The number of likely N-dealkylation sites (tertiary alicyclic amines) is 1. The molecule has 0 aliphatic carbocycles. The van der Waals surface area contributed by atoms with Crippen LogP contribution in [0, 0.1) is 0 Å². The van der Waals surface area contributed by atoms with Gasteiger partial charge < -0.3 is 20.4 Å². The quantitative estimate of drug-likeness (QED) is 0.341. The van der Waals surface area contributed by atoms with Crippen LogP contribution in [-0.2, 0) is 6.54 Å². The number of nitrogens with one attached hydrogen (secondary N) is 2. The number of hydrogen-bond acceptors (Lipinski definition) is 4. The average Bonchev–Trinajstić information content (AvgIpc) is 3.13. The standard InChI is InChI=1S/C25H44N6/c1-4-26-25(27-13-9-10-14-30-17-15-29(5-2)16-18-30)28-24-19-22(3)31(21-24)20-23-11-7-6-8-12-23/h6-8,11-12,22,24H,4-5,9-10,13-21H2,1-3H3,(H2,26,27,28). The predicted octanol–water partition coefficient (Wildman–Crippen LogP) is 2.62. The summed E-state index contributed by atoms with van der Waals surface area (Å²) in [5.41, 5.74) is 1.40. The van der Waals surface area contributed by atoms with Gasteiger partial charge in [0.25, 0.3) is 0 Å². The van der Waals surface area contributed by atoms with E-state index in [1.165, 1.54) is 57.7 Å². The minimum atomic E-state index is 0.464. The topological polar surface area (TPSA) is 46.1 Å². The molecule has 2 atom stereocenters. The molecule has 2 aliphatic heterocycles. The molecule has 0 saturated carbocycles. The number of aliphatic imine (C=N–C) groups is 1. The molecule has 6 nitrogen and oxygen atoms in total. The summed E-state index contributed by atoms with van der Waals surface area (Å²) in [5, 5.41) is 7.14. The van der Waals surface area contributed by atoms with Crippen molar-refractivity contribution < 1.29 is 0 Å². The monoisotopic (exact) mass is 428 g/mol. The van der Waals surface area contributed by atoms with Crippen LogP contribution in [0.1, 0.15) is 45.6 Å². The van der Waals surface area contributed by atoms with Crippen molar-refractivity contribution in [3.63, 3.8) is 0 Å². The molecule has 31 heavy (non-hydrogen) atoms. The Morgan fingerprint density at radius 2 is 1.77 bits per heavy atom. The highest BCUT2D eigenvalue weighted by atomic mass is 15.3. The Labute approximate surface area is 190 Å². The highest BCUT2D eigenvalue weighted by molar-refractivity contribution is 5.80. The second kappa shape index (κ2) is 13.0. The van der Waals surface area contributed by atoms with Crippen molar-refractivity contribution in [2.75, 3.05) is 58.9 Å². The van der Waals surface area contributed by atoms with Crippen LogP contribution >= 0.6 is 0 Å². The van der Waals surface area contributed by atoms with Crippen molar-refractivity contribution in [1.29, 1.82) is 0 Å². The summed E-state index contributed by atoms with van der Waals surface area (Å²) in [4.78, 5) is 12.6. The first-order chi connectivity index (χ1) is 15.2. The molecule has 0 bridgehead atoms. The van der Waals surface area contributed by atoms with Crippen LogP contribution in [0.15, 0.2) is 35.3 Å². The van der Waals surface area contributed by atoms with Crippen LogP contribution in [0.25, 0.3) is 0 Å². The fourth-order valence-corrected chi connectivity index (χ4v) is 4.72. The third kappa shape index (κ3) is 8.09. The maximum Gasteiger partial charge on any atom is 0.191 e. The lowest BCUT2D eigenvalue weighted by Gasteiger charge is -2.33. The first kappa shape index (κ1) is 24.0. The van der Waals surface area contributed by atoms with Gasteiger partial charge in [0, 0.05) is 64.4 Å². The van der Waals surface area contributed by atoms with Crippen LogP contribution in [0.2, 0.25) is 0 Å². The molecule has 2 fully saturated rings. The third-order valence-corrected chi connectivity index (χ3v) is 6.68. The van der Waals surface area contributed by atoms with E-state index >= 15 is 0 Å². The molecule has 1 aromatic carbocycles. The summed E-state index contributed by atoms with van der Waals surface area (Å²) < 4.78 is 0. The van der Waals surface area contributed by atoms with Gasteiger partial charge in [-0.1, -0.05) is 37.3 Å². The van der Waals surface area contributed by atoms with Crippen molar-refractivity contribution in [3.8, 4) is 0 Å². The fraction of sp³-hybridized carbons (Fsp3) is 0.720. The normalized spacial score (nSPS) is 23.9. The number of unbranched alkanes of at least 4 members (excludes halogenated alkanes) is 1. The lowest BCUT2D eigenvalue weighted by molar-refractivity contribution is 0.136. The molecule has 6 heteroatoms. The van der Waals surface area contributed by atoms with Gasteiger partial charge >= 0.3 is 0 Å². The van der Waals surface area contributed by atoms with E-state index < -0.39 is 0 Å². The van der Waals surface area contributed by atoms with E-state index in [1.807, 2.05) is 0 Å². The predicted molar refractivity (Wildman–Crippen MR) is 132 cm³/mol. The Kier molecular flexibility index (Phi) is 10.1. The molecule has 0 radical (unpaired) electrons. The summed E-state index contributed by atoms with van der Waals surface area (Å²) in [5.74, 6) is 0.984. The summed E-state index contributed by atoms with van der Waals surface area (Å²) in [6.45, 7) is 18.0. The molecular weight excluding hydrogens is 384 g/mol. The van der Waals surface area contributed by atoms with Crippen molar-refractivity contribution in [1.82, 2.24) is 25.3 Å². The van der Waals surface area contributed by atoms with Gasteiger partial charge in [-0.2, -0.15) is 0 Å². The van der Waals surface area contributed by atoms with E-state index in [9.17, 15) is 0 Å². The molecule has 3 rings (SSSR count). The SMILES string of the molecule is CCNC(=NCCCCN1CCN(CC)CC1)NC1CC(C)N(Cc2ccccc2)C1. The van der Waals surface area contributed by atoms with Gasteiger partial charge in [-0.3, -0.25) is 9.89 Å². The van der Waals surface area contributed by atoms with E-state index in [0.717, 1.165) is 38.6 Å². The second-order valence-electron chi connectivity index (χ2n) is 9.08. The molecule has 2 unspecified atom stereocenters. The number of nitrogens with zero attached hydrogens (tertiary/aromatic N) is 4. The number of piperazine rings is 1. The first-order valence-corrected chi connectivity index (χ1v) is 12.5. The third-order valence-electron chi connectivity index (χ3n) is 6.68. The summed E-state index contributed by atoms with van der Waals surface area (Å²) in [6, 6.07) is 11.9. The summed E-state index contributed by atoms with van der Waals surface area (Å²) in [7, 11) is 0. The maximum atomic E-state index is 4.87. The number of hydrogen-bond donors (Lipinski definition) is 2.